The molecule has 0 aromatic heterocycles. The molecule has 21 heavy (non-hydrogen) atoms. The van der Waals surface area contributed by atoms with Crippen LogP contribution in [0, 0.1) is 0 Å². The van der Waals surface area contributed by atoms with Gasteiger partial charge in [-0.3, -0.25) is 4.79 Å². The SMILES string of the molecule is CCOC(=O)C1CCCN1C(=O)c1ccc(C(N)=S)cc1. The Labute approximate surface area is 129 Å². The largest absolute Gasteiger partial charge is 0.464 e. The molecule has 1 aromatic carbocycles. The molecule has 1 aliphatic heterocycles. The number of hydrogen-bond acceptors (Lipinski definition) is 4. The molecule has 5 nitrogen and oxygen atoms in total. The molecule has 2 rings (SSSR count). The molecule has 1 unspecified atom stereocenters. The van der Waals surface area contributed by atoms with Gasteiger partial charge in [0, 0.05) is 17.7 Å². The Morgan fingerprint density at radius 2 is 1.95 bits per heavy atom. The van der Waals surface area contributed by atoms with Crippen LogP contribution in [0.25, 0.3) is 0 Å². The average Bonchev–Trinajstić information content (AvgIpc) is 2.96. The van der Waals surface area contributed by atoms with E-state index >= 15 is 0 Å². The molecule has 1 heterocycles. The highest BCUT2D eigenvalue weighted by atomic mass is 32.1. The molecule has 1 aromatic rings. The number of carbonyl (C=O) groups is 2. The van der Waals surface area contributed by atoms with Crippen LogP contribution in [0.1, 0.15) is 35.7 Å². The van der Waals surface area contributed by atoms with E-state index in [0.29, 0.717) is 35.7 Å². The third-order valence-corrected chi connectivity index (χ3v) is 3.72. The van der Waals surface area contributed by atoms with Crippen molar-refractivity contribution in [2.75, 3.05) is 13.2 Å². The van der Waals surface area contributed by atoms with Crippen LogP contribution in [-0.4, -0.2) is 41.0 Å². The van der Waals surface area contributed by atoms with Crippen LogP contribution in [0.4, 0.5) is 0 Å². The number of hydrogen-bond donors (Lipinski definition) is 1. The first-order chi connectivity index (χ1) is 10.0. The second-order valence-electron chi connectivity index (χ2n) is 4.85. The van der Waals surface area contributed by atoms with E-state index in [1.165, 1.54) is 0 Å². The Kier molecular flexibility index (Phi) is 4.90. The van der Waals surface area contributed by atoms with Crippen LogP contribution in [-0.2, 0) is 9.53 Å². The van der Waals surface area contributed by atoms with Crippen LogP contribution in [0.5, 0.6) is 0 Å². The van der Waals surface area contributed by atoms with Crippen LogP contribution < -0.4 is 5.73 Å². The molecule has 0 bridgehead atoms. The van der Waals surface area contributed by atoms with Gasteiger partial charge in [0.1, 0.15) is 11.0 Å². The number of rotatable bonds is 4. The summed E-state index contributed by atoms with van der Waals surface area (Å²) >= 11 is 4.88. The molecular formula is C15H18N2O3S. The van der Waals surface area contributed by atoms with Gasteiger partial charge in [0.05, 0.1) is 6.61 Å². The van der Waals surface area contributed by atoms with E-state index in [4.69, 9.17) is 22.7 Å². The van der Waals surface area contributed by atoms with Gasteiger partial charge in [0.25, 0.3) is 5.91 Å². The third kappa shape index (κ3) is 3.39. The molecule has 1 amide bonds. The first kappa shape index (κ1) is 15.4. The Bertz CT molecular complexity index is 557. The molecule has 1 fully saturated rings. The lowest BCUT2D eigenvalue weighted by Gasteiger charge is -2.23. The minimum Gasteiger partial charge on any atom is -0.464 e. The van der Waals surface area contributed by atoms with E-state index < -0.39 is 6.04 Å². The maximum Gasteiger partial charge on any atom is 0.328 e. The van der Waals surface area contributed by atoms with Gasteiger partial charge in [-0.15, -0.1) is 0 Å². The van der Waals surface area contributed by atoms with Gasteiger partial charge >= 0.3 is 5.97 Å². The van der Waals surface area contributed by atoms with Crippen LogP contribution >= 0.6 is 12.2 Å². The van der Waals surface area contributed by atoms with Crippen molar-refractivity contribution < 1.29 is 14.3 Å². The normalized spacial score (nSPS) is 17.6. The van der Waals surface area contributed by atoms with Gasteiger partial charge in [-0.1, -0.05) is 24.4 Å². The zero-order valence-electron chi connectivity index (χ0n) is 11.9. The Balaban J connectivity index is 2.14. The van der Waals surface area contributed by atoms with Crippen molar-refractivity contribution in [2.45, 2.75) is 25.8 Å². The van der Waals surface area contributed by atoms with E-state index in [1.807, 2.05) is 0 Å². The van der Waals surface area contributed by atoms with E-state index in [0.717, 1.165) is 6.42 Å². The minimum absolute atomic E-state index is 0.167. The van der Waals surface area contributed by atoms with Crippen molar-refractivity contribution in [1.29, 1.82) is 0 Å². The van der Waals surface area contributed by atoms with Crippen molar-refractivity contribution in [2.24, 2.45) is 5.73 Å². The summed E-state index contributed by atoms with van der Waals surface area (Å²) in [5, 5.41) is 0. The molecule has 1 atom stereocenters. The minimum atomic E-state index is -0.479. The summed E-state index contributed by atoms with van der Waals surface area (Å²) in [5.74, 6) is -0.497. The number of carbonyl (C=O) groups excluding carboxylic acids is 2. The number of esters is 1. The molecule has 0 aliphatic carbocycles. The topological polar surface area (TPSA) is 72.6 Å². The summed E-state index contributed by atoms with van der Waals surface area (Å²) < 4.78 is 5.03. The zero-order valence-corrected chi connectivity index (χ0v) is 12.7. The number of thiocarbonyl (C=S) groups is 1. The van der Waals surface area contributed by atoms with E-state index in [1.54, 1.807) is 36.1 Å². The van der Waals surface area contributed by atoms with E-state index in [2.05, 4.69) is 0 Å². The lowest BCUT2D eigenvalue weighted by Crippen LogP contribution is -2.41. The smallest absolute Gasteiger partial charge is 0.328 e. The molecule has 1 saturated heterocycles. The predicted molar refractivity (Wildman–Crippen MR) is 83.0 cm³/mol. The fraction of sp³-hybridized carbons (Fsp3) is 0.400. The highest BCUT2D eigenvalue weighted by Gasteiger charge is 2.35. The molecular weight excluding hydrogens is 288 g/mol. The first-order valence-electron chi connectivity index (χ1n) is 6.92. The van der Waals surface area contributed by atoms with E-state index in [9.17, 15) is 9.59 Å². The highest BCUT2D eigenvalue weighted by Crippen LogP contribution is 2.21. The molecule has 1 aliphatic rings. The summed E-state index contributed by atoms with van der Waals surface area (Å²) in [5.41, 5.74) is 6.76. The van der Waals surface area contributed by atoms with Gasteiger partial charge < -0.3 is 15.4 Å². The first-order valence-corrected chi connectivity index (χ1v) is 7.33. The zero-order chi connectivity index (χ0) is 15.4. The van der Waals surface area contributed by atoms with Crippen molar-refractivity contribution in [1.82, 2.24) is 4.90 Å². The van der Waals surface area contributed by atoms with Gasteiger partial charge in [-0.25, -0.2) is 4.79 Å². The van der Waals surface area contributed by atoms with Gasteiger partial charge in [-0.05, 0) is 31.9 Å². The number of amides is 1. The van der Waals surface area contributed by atoms with Gasteiger partial charge in [0.2, 0.25) is 0 Å². The van der Waals surface area contributed by atoms with Crippen LogP contribution in [0.3, 0.4) is 0 Å². The second kappa shape index (κ2) is 6.67. The lowest BCUT2D eigenvalue weighted by atomic mass is 10.1. The van der Waals surface area contributed by atoms with Crippen molar-refractivity contribution >= 4 is 29.1 Å². The summed E-state index contributed by atoms with van der Waals surface area (Å²) in [4.78, 5) is 26.3. The number of likely N-dealkylation sites (tertiary alicyclic amines) is 1. The summed E-state index contributed by atoms with van der Waals surface area (Å²) in [6.45, 7) is 2.65. The van der Waals surface area contributed by atoms with Crippen LogP contribution in [0.15, 0.2) is 24.3 Å². The second-order valence-corrected chi connectivity index (χ2v) is 5.29. The maximum atomic E-state index is 12.5. The third-order valence-electron chi connectivity index (χ3n) is 3.49. The predicted octanol–water partition coefficient (Wildman–Crippen LogP) is 1.49. The Morgan fingerprint density at radius 1 is 1.33 bits per heavy atom. The number of benzene rings is 1. The van der Waals surface area contributed by atoms with Gasteiger partial charge in [-0.2, -0.15) is 0 Å². The number of nitrogens with zero attached hydrogens (tertiary/aromatic N) is 1. The highest BCUT2D eigenvalue weighted by molar-refractivity contribution is 7.80. The molecule has 0 saturated carbocycles. The fourth-order valence-electron chi connectivity index (χ4n) is 2.44. The molecule has 112 valence electrons. The van der Waals surface area contributed by atoms with Crippen molar-refractivity contribution in [3.8, 4) is 0 Å². The molecule has 6 heteroatoms. The molecule has 0 radical (unpaired) electrons. The number of ether oxygens (including phenoxy) is 1. The molecule has 0 spiro atoms. The van der Waals surface area contributed by atoms with Crippen molar-refractivity contribution in [3.05, 3.63) is 35.4 Å². The number of nitrogens with two attached hydrogens (primary N) is 1. The maximum absolute atomic E-state index is 12.5. The fourth-order valence-corrected chi connectivity index (χ4v) is 2.57. The lowest BCUT2D eigenvalue weighted by molar-refractivity contribution is -0.147. The molecule has 2 N–H and O–H groups in total. The summed E-state index contributed by atoms with van der Waals surface area (Å²) in [6.07, 6.45) is 1.45. The monoisotopic (exact) mass is 306 g/mol. The Morgan fingerprint density at radius 3 is 2.52 bits per heavy atom. The van der Waals surface area contributed by atoms with Gasteiger partial charge in [0.15, 0.2) is 0 Å². The summed E-state index contributed by atoms with van der Waals surface area (Å²) in [6, 6.07) is 6.30. The van der Waals surface area contributed by atoms with E-state index in [-0.39, 0.29) is 11.9 Å². The Hall–Kier alpha value is -1.95. The summed E-state index contributed by atoms with van der Waals surface area (Å²) in [7, 11) is 0. The van der Waals surface area contributed by atoms with Crippen LogP contribution in [0.2, 0.25) is 0 Å². The standard InChI is InChI=1S/C15H18N2O3S/c1-2-20-15(19)12-4-3-9-17(12)14(18)11-7-5-10(6-8-11)13(16)21/h5-8,12H,2-4,9H2,1H3,(H2,16,21). The average molecular weight is 306 g/mol. The quantitative estimate of drug-likeness (QED) is 0.674. The van der Waals surface area contributed by atoms with Crippen molar-refractivity contribution in [3.63, 3.8) is 0 Å².